The summed E-state index contributed by atoms with van der Waals surface area (Å²) in [4.78, 5) is 0. The summed E-state index contributed by atoms with van der Waals surface area (Å²) >= 11 is 0. The van der Waals surface area contributed by atoms with Gasteiger partial charge in [0.15, 0.2) is 6.86 Å². The van der Waals surface area contributed by atoms with Gasteiger partial charge in [0, 0.05) is 6.92 Å². The number of rotatable bonds is 4. The summed E-state index contributed by atoms with van der Waals surface area (Å²) in [5.74, 6) is 0. The largest absolute Gasteiger partial charge is 0.483 e. The molecule has 0 saturated heterocycles. The summed E-state index contributed by atoms with van der Waals surface area (Å²) in [6.45, 7) is -1.83. The molecule has 0 aliphatic heterocycles. The molecular formula is C5H5F7O2. The van der Waals surface area contributed by atoms with E-state index in [4.69, 9.17) is 0 Å². The van der Waals surface area contributed by atoms with E-state index >= 15 is 0 Å². The Labute approximate surface area is 73.6 Å². The highest BCUT2D eigenvalue weighted by Crippen LogP contribution is 2.39. The Morgan fingerprint density at radius 2 is 1.43 bits per heavy atom. The zero-order valence-corrected chi connectivity index (χ0v) is 6.67. The van der Waals surface area contributed by atoms with E-state index in [1.54, 1.807) is 0 Å². The first-order valence-corrected chi connectivity index (χ1v) is 3.05. The Kier molecular flexibility index (Phi) is 3.73. The van der Waals surface area contributed by atoms with Crippen molar-refractivity contribution >= 4 is 0 Å². The summed E-state index contributed by atoms with van der Waals surface area (Å²) < 4.78 is 87.8. The van der Waals surface area contributed by atoms with Crippen LogP contribution in [-0.2, 0) is 9.47 Å². The molecule has 9 heteroatoms. The van der Waals surface area contributed by atoms with Gasteiger partial charge in [0.25, 0.3) is 0 Å². The predicted octanol–water partition coefficient (Wildman–Crippen LogP) is 2.74. The maximum atomic E-state index is 12.5. The standard InChI is InChI=1S/C5H5F7O2/c1-3(7,13-2-6)14-5(11,12)4(8,9)10/h2H2,1H3. The van der Waals surface area contributed by atoms with E-state index in [9.17, 15) is 30.7 Å². The molecule has 0 radical (unpaired) electrons. The fourth-order valence-corrected chi connectivity index (χ4v) is 0.414. The number of hydrogen-bond donors (Lipinski definition) is 0. The molecule has 0 heterocycles. The van der Waals surface area contributed by atoms with Crippen molar-refractivity contribution in [2.45, 2.75) is 25.2 Å². The summed E-state index contributed by atoms with van der Waals surface area (Å²) in [5, 5.41) is 0. The topological polar surface area (TPSA) is 18.5 Å². The van der Waals surface area contributed by atoms with Gasteiger partial charge in [-0.25, -0.2) is 4.39 Å². The van der Waals surface area contributed by atoms with Gasteiger partial charge in [-0.1, -0.05) is 0 Å². The first-order valence-electron chi connectivity index (χ1n) is 3.05. The maximum absolute atomic E-state index is 12.5. The highest BCUT2D eigenvalue weighted by Gasteiger charge is 2.63. The lowest BCUT2D eigenvalue weighted by Crippen LogP contribution is -2.46. The third-order valence-corrected chi connectivity index (χ3v) is 0.953. The minimum absolute atomic E-state index is 0.0756. The Morgan fingerprint density at radius 3 is 1.71 bits per heavy atom. The van der Waals surface area contributed by atoms with Gasteiger partial charge in [-0.15, -0.1) is 0 Å². The summed E-state index contributed by atoms with van der Waals surface area (Å²) in [5.41, 5.74) is 0. The third kappa shape index (κ3) is 3.66. The minimum atomic E-state index is -6.10. The fraction of sp³-hybridized carbons (Fsp3) is 1.00. The lowest BCUT2D eigenvalue weighted by atomic mass is 10.6. The SMILES string of the molecule is CC(F)(OCF)OC(F)(F)C(F)(F)F. The van der Waals surface area contributed by atoms with E-state index < -0.39 is 25.2 Å². The van der Waals surface area contributed by atoms with Crippen molar-refractivity contribution in [3.63, 3.8) is 0 Å². The summed E-state index contributed by atoms with van der Waals surface area (Å²) in [7, 11) is 0. The van der Waals surface area contributed by atoms with Gasteiger partial charge < -0.3 is 0 Å². The molecule has 1 atom stereocenters. The van der Waals surface area contributed by atoms with E-state index in [0.29, 0.717) is 0 Å². The van der Waals surface area contributed by atoms with E-state index in [-0.39, 0.29) is 6.92 Å². The molecule has 14 heavy (non-hydrogen) atoms. The van der Waals surface area contributed by atoms with Crippen LogP contribution in [0.3, 0.4) is 0 Å². The second-order valence-corrected chi connectivity index (χ2v) is 2.20. The maximum Gasteiger partial charge on any atom is 0.483 e. The predicted molar refractivity (Wildman–Crippen MR) is 28.7 cm³/mol. The summed E-state index contributed by atoms with van der Waals surface area (Å²) in [6.07, 6.45) is -11.8. The van der Waals surface area contributed by atoms with E-state index in [1.165, 1.54) is 0 Å². The van der Waals surface area contributed by atoms with Crippen molar-refractivity contribution in [1.82, 2.24) is 0 Å². The quantitative estimate of drug-likeness (QED) is 0.546. The second-order valence-electron chi connectivity index (χ2n) is 2.20. The van der Waals surface area contributed by atoms with Gasteiger partial charge in [-0.05, 0) is 0 Å². The van der Waals surface area contributed by atoms with Crippen LogP contribution in [0, 0.1) is 0 Å². The molecule has 0 aromatic carbocycles. The van der Waals surface area contributed by atoms with Crippen LogP contribution in [-0.4, -0.2) is 25.2 Å². The molecule has 86 valence electrons. The van der Waals surface area contributed by atoms with Crippen LogP contribution in [0.15, 0.2) is 0 Å². The van der Waals surface area contributed by atoms with Crippen molar-refractivity contribution in [3.8, 4) is 0 Å². The molecule has 0 fully saturated rings. The van der Waals surface area contributed by atoms with Gasteiger partial charge in [0.05, 0.1) is 0 Å². The monoisotopic (exact) mass is 230 g/mol. The molecule has 0 aromatic rings. The molecule has 0 spiro atoms. The summed E-state index contributed by atoms with van der Waals surface area (Å²) in [6, 6.07) is -3.85. The molecule has 0 bridgehead atoms. The zero-order valence-electron chi connectivity index (χ0n) is 6.67. The second kappa shape index (κ2) is 3.89. The van der Waals surface area contributed by atoms with E-state index in [0.717, 1.165) is 0 Å². The normalized spacial score (nSPS) is 18.0. The Bertz CT molecular complexity index is 187. The minimum Gasteiger partial charge on any atom is -0.292 e. The average molecular weight is 230 g/mol. The van der Waals surface area contributed by atoms with Gasteiger partial charge in [0.1, 0.15) is 0 Å². The fourth-order valence-electron chi connectivity index (χ4n) is 0.414. The van der Waals surface area contributed by atoms with Crippen molar-refractivity contribution in [2.24, 2.45) is 0 Å². The number of alkyl halides is 7. The van der Waals surface area contributed by atoms with Crippen LogP contribution in [0.1, 0.15) is 6.92 Å². The number of halogens is 7. The Balaban J connectivity index is 4.50. The van der Waals surface area contributed by atoms with Crippen molar-refractivity contribution in [3.05, 3.63) is 0 Å². The van der Waals surface area contributed by atoms with Gasteiger partial charge in [-0.3, -0.25) is 9.47 Å². The molecule has 0 aliphatic rings. The molecule has 1 unspecified atom stereocenters. The van der Waals surface area contributed by atoms with Gasteiger partial charge in [-0.2, -0.15) is 26.3 Å². The van der Waals surface area contributed by atoms with Crippen molar-refractivity contribution in [2.75, 3.05) is 6.86 Å². The van der Waals surface area contributed by atoms with Crippen molar-refractivity contribution < 1.29 is 40.2 Å². The van der Waals surface area contributed by atoms with Crippen LogP contribution in [0.5, 0.6) is 0 Å². The Morgan fingerprint density at radius 1 is 1.00 bits per heavy atom. The molecule has 0 aliphatic carbocycles. The zero-order chi connectivity index (χ0) is 11.6. The van der Waals surface area contributed by atoms with Gasteiger partial charge in [0.2, 0.25) is 0 Å². The van der Waals surface area contributed by atoms with E-state index in [2.05, 4.69) is 9.47 Å². The smallest absolute Gasteiger partial charge is 0.292 e. The highest BCUT2D eigenvalue weighted by atomic mass is 19.4. The lowest BCUT2D eigenvalue weighted by molar-refractivity contribution is -0.475. The average Bonchev–Trinajstić information content (AvgIpc) is 1.80. The molecule has 0 N–H and O–H groups in total. The number of ether oxygens (including phenoxy) is 2. The first-order chi connectivity index (χ1) is 6.02. The molecule has 0 saturated carbocycles. The third-order valence-electron chi connectivity index (χ3n) is 0.953. The molecule has 2 nitrogen and oxygen atoms in total. The lowest BCUT2D eigenvalue weighted by Gasteiger charge is -2.26. The molecule has 0 rings (SSSR count). The number of hydrogen-bond acceptors (Lipinski definition) is 2. The van der Waals surface area contributed by atoms with Gasteiger partial charge >= 0.3 is 18.3 Å². The van der Waals surface area contributed by atoms with Crippen LogP contribution in [0.4, 0.5) is 30.7 Å². The van der Waals surface area contributed by atoms with Crippen LogP contribution < -0.4 is 0 Å². The van der Waals surface area contributed by atoms with Crippen molar-refractivity contribution in [1.29, 1.82) is 0 Å². The van der Waals surface area contributed by atoms with Crippen LogP contribution in [0.2, 0.25) is 0 Å². The van der Waals surface area contributed by atoms with Crippen LogP contribution >= 0.6 is 0 Å². The first kappa shape index (κ1) is 13.4. The molecular weight excluding hydrogens is 225 g/mol. The molecule has 0 amide bonds. The van der Waals surface area contributed by atoms with E-state index in [1.807, 2.05) is 0 Å². The Hall–Kier alpha value is -0.570. The molecule has 0 aromatic heterocycles. The highest BCUT2D eigenvalue weighted by molar-refractivity contribution is 4.66. The van der Waals surface area contributed by atoms with Crippen LogP contribution in [0.25, 0.3) is 0 Å².